The van der Waals surface area contributed by atoms with Gasteiger partial charge in [0.1, 0.15) is 11.5 Å². The summed E-state index contributed by atoms with van der Waals surface area (Å²) in [4.78, 5) is 14.3. The first-order valence-corrected chi connectivity index (χ1v) is 7.56. The molecule has 1 saturated carbocycles. The van der Waals surface area contributed by atoms with Gasteiger partial charge in [0.2, 0.25) is 5.91 Å². The summed E-state index contributed by atoms with van der Waals surface area (Å²) in [6, 6.07) is 2.42. The molecule has 5 heteroatoms. The zero-order chi connectivity index (χ0) is 14.1. The Labute approximate surface area is 119 Å². The number of carbonyl (C=O) groups is 1. The molecule has 0 bridgehead atoms. The summed E-state index contributed by atoms with van der Waals surface area (Å²) < 4.78 is 5.04. The molecular formula is C15H23N3O2. The topological polar surface area (TPSA) is 58.4 Å². The molecule has 2 fully saturated rings. The van der Waals surface area contributed by atoms with Gasteiger partial charge in [-0.15, -0.1) is 0 Å². The van der Waals surface area contributed by atoms with Crippen LogP contribution in [-0.4, -0.2) is 35.1 Å². The van der Waals surface area contributed by atoms with Crippen molar-refractivity contribution >= 4 is 5.91 Å². The molecule has 3 atom stereocenters. The van der Waals surface area contributed by atoms with Gasteiger partial charge in [0.15, 0.2) is 0 Å². The molecule has 20 heavy (non-hydrogen) atoms. The van der Waals surface area contributed by atoms with Crippen molar-refractivity contribution in [2.24, 2.45) is 5.92 Å². The van der Waals surface area contributed by atoms with Crippen molar-refractivity contribution in [3.63, 3.8) is 0 Å². The van der Waals surface area contributed by atoms with Crippen LogP contribution in [0.1, 0.15) is 43.6 Å². The molecule has 1 amide bonds. The van der Waals surface area contributed by atoms with Gasteiger partial charge >= 0.3 is 0 Å². The third kappa shape index (κ3) is 2.73. The minimum absolute atomic E-state index is 0.0129. The second-order valence-electron chi connectivity index (χ2n) is 6.23. The van der Waals surface area contributed by atoms with Crippen LogP contribution in [0.2, 0.25) is 0 Å². The van der Waals surface area contributed by atoms with Crippen molar-refractivity contribution in [3.8, 4) is 0 Å². The Morgan fingerprint density at radius 2 is 2.30 bits per heavy atom. The Hall–Kier alpha value is -1.36. The quantitative estimate of drug-likeness (QED) is 0.916. The summed E-state index contributed by atoms with van der Waals surface area (Å²) in [5, 5.41) is 7.48. The second-order valence-corrected chi connectivity index (χ2v) is 6.23. The van der Waals surface area contributed by atoms with Crippen molar-refractivity contribution in [2.75, 3.05) is 7.05 Å². The first kappa shape index (κ1) is 13.6. The molecule has 1 aliphatic heterocycles. The van der Waals surface area contributed by atoms with E-state index >= 15 is 0 Å². The predicted octanol–water partition coefficient (Wildman–Crippen LogP) is 1.86. The highest BCUT2D eigenvalue weighted by molar-refractivity contribution is 5.82. The Bertz CT molecular complexity index is 471. The number of nitrogens with zero attached hydrogens (tertiary/aromatic N) is 2. The number of hydrogen-bond donors (Lipinski definition) is 1. The van der Waals surface area contributed by atoms with Gasteiger partial charge in [0.05, 0.1) is 12.6 Å². The number of rotatable bonds is 3. The van der Waals surface area contributed by atoms with Crippen molar-refractivity contribution in [2.45, 2.75) is 57.7 Å². The van der Waals surface area contributed by atoms with Crippen molar-refractivity contribution in [3.05, 3.63) is 17.5 Å². The van der Waals surface area contributed by atoms with Crippen molar-refractivity contribution in [1.29, 1.82) is 0 Å². The highest BCUT2D eigenvalue weighted by Gasteiger charge is 2.39. The molecule has 1 aromatic heterocycles. The van der Waals surface area contributed by atoms with E-state index < -0.39 is 0 Å². The van der Waals surface area contributed by atoms with Crippen LogP contribution < -0.4 is 5.32 Å². The Kier molecular flexibility index (Phi) is 3.78. The van der Waals surface area contributed by atoms with Crippen molar-refractivity contribution in [1.82, 2.24) is 15.4 Å². The fourth-order valence-corrected chi connectivity index (χ4v) is 3.59. The SMILES string of the molecule is Cc1cc(CN(C)C(=O)C2CC3CCCCC3N2)no1. The summed E-state index contributed by atoms with van der Waals surface area (Å²) >= 11 is 0. The molecule has 3 rings (SSSR count). The van der Waals surface area contributed by atoms with E-state index in [1.54, 1.807) is 4.90 Å². The van der Waals surface area contributed by atoms with Gasteiger partial charge in [0, 0.05) is 19.2 Å². The van der Waals surface area contributed by atoms with Gasteiger partial charge in [-0.2, -0.15) is 0 Å². The lowest BCUT2D eigenvalue weighted by atomic mass is 9.85. The molecule has 5 nitrogen and oxygen atoms in total. The van der Waals surface area contributed by atoms with Crippen LogP contribution in [0.25, 0.3) is 0 Å². The molecule has 2 heterocycles. The third-order valence-corrected chi connectivity index (χ3v) is 4.61. The smallest absolute Gasteiger partial charge is 0.239 e. The molecule has 0 aromatic carbocycles. The summed E-state index contributed by atoms with van der Waals surface area (Å²) in [7, 11) is 1.84. The van der Waals surface area contributed by atoms with E-state index in [1.807, 2.05) is 20.0 Å². The van der Waals surface area contributed by atoms with E-state index in [4.69, 9.17) is 4.52 Å². The van der Waals surface area contributed by atoms with E-state index in [0.717, 1.165) is 17.9 Å². The van der Waals surface area contributed by atoms with Crippen LogP contribution in [0.15, 0.2) is 10.6 Å². The largest absolute Gasteiger partial charge is 0.361 e. The molecule has 0 spiro atoms. The van der Waals surface area contributed by atoms with Gasteiger partial charge in [-0.05, 0) is 32.1 Å². The van der Waals surface area contributed by atoms with Gasteiger partial charge in [-0.1, -0.05) is 18.0 Å². The van der Waals surface area contributed by atoms with Gasteiger partial charge in [0.25, 0.3) is 0 Å². The highest BCUT2D eigenvalue weighted by Crippen LogP contribution is 2.33. The molecule has 0 radical (unpaired) electrons. The number of fused-ring (bicyclic) bond motifs is 1. The third-order valence-electron chi connectivity index (χ3n) is 4.61. The fraction of sp³-hybridized carbons (Fsp3) is 0.733. The molecule has 2 aliphatic rings. The molecule has 1 N–H and O–H groups in total. The average molecular weight is 277 g/mol. The maximum absolute atomic E-state index is 12.5. The van der Waals surface area contributed by atoms with Crippen LogP contribution in [-0.2, 0) is 11.3 Å². The zero-order valence-electron chi connectivity index (χ0n) is 12.3. The van der Waals surface area contributed by atoms with Crippen LogP contribution >= 0.6 is 0 Å². The van der Waals surface area contributed by atoms with E-state index in [0.29, 0.717) is 18.5 Å². The summed E-state index contributed by atoms with van der Waals surface area (Å²) in [5.74, 6) is 1.66. The number of hydrogen-bond acceptors (Lipinski definition) is 4. The van der Waals surface area contributed by atoms with Crippen LogP contribution in [0, 0.1) is 12.8 Å². The van der Waals surface area contributed by atoms with Crippen LogP contribution in [0.4, 0.5) is 0 Å². The maximum Gasteiger partial charge on any atom is 0.239 e. The maximum atomic E-state index is 12.5. The standard InChI is InChI=1S/C15H23N3O2/c1-10-7-12(17-20-10)9-18(2)15(19)14-8-11-5-3-4-6-13(11)16-14/h7,11,13-14,16H,3-6,8-9H2,1-2H3. The minimum Gasteiger partial charge on any atom is -0.361 e. The Morgan fingerprint density at radius 3 is 3.00 bits per heavy atom. The van der Waals surface area contributed by atoms with Gasteiger partial charge in [-0.3, -0.25) is 4.79 Å². The Balaban J connectivity index is 1.58. The molecule has 110 valence electrons. The first-order valence-electron chi connectivity index (χ1n) is 7.56. The minimum atomic E-state index is -0.0129. The first-order chi connectivity index (χ1) is 9.63. The highest BCUT2D eigenvalue weighted by atomic mass is 16.5. The molecule has 1 aliphatic carbocycles. The summed E-state index contributed by atoms with van der Waals surface area (Å²) in [6.45, 7) is 2.38. The molecule has 1 saturated heterocycles. The van der Waals surface area contributed by atoms with E-state index in [1.165, 1.54) is 25.7 Å². The van der Waals surface area contributed by atoms with Crippen LogP contribution in [0.3, 0.4) is 0 Å². The number of nitrogens with one attached hydrogen (secondary N) is 1. The summed E-state index contributed by atoms with van der Waals surface area (Å²) in [5.41, 5.74) is 0.814. The molecule has 1 aromatic rings. The lowest BCUT2D eigenvalue weighted by molar-refractivity contribution is -0.132. The predicted molar refractivity (Wildman–Crippen MR) is 75.0 cm³/mol. The number of carbonyl (C=O) groups excluding carboxylic acids is 1. The van der Waals surface area contributed by atoms with Gasteiger partial charge < -0.3 is 14.7 Å². The lowest BCUT2D eigenvalue weighted by Crippen LogP contribution is -2.43. The van der Waals surface area contributed by atoms with Crippen LogP contribution in [0.5, 0.6) is 0 Å². The number of aryl methyl sites for hydroxylation is 1. The monoisotopic (exact) mass is 277 g/mol. The normalized spacial score (nSPS) is 29.2. The average Bonchev–Trinajstić information content (AvgIpc) is 3.03. The van der Waals surface area contributed by atoms with E-state index in [-0.39, 0.29) is 11.9 Å². The number of amides is 1. The number of aromatic nitrogens is 1. The number of likely N-dealkylation sites (N-methyl/N-ethyl adjacent to an activating group) is 1. The molecular weight excluding hydrogens is 254 g/mol. The zero-order valence-corrected chi connectivity index (χ0v) is 12.3. The van der Waals surface area contributed by atoms with E-state index in [2.05, 4.69) is 10.5 Å². The Morgan fingerprint density at radius 1 is 1.50 bits per heavy atom. The lowest BCUT2D eigenvalue weighted by Gasteiger charge is -2.24. The molecule has 3 unspecified atom stereocenters. The van der Waals surface area contributed by atoms with Gasteiger partial charge in [-0.25, -0.2) is 0 Å². The summed E-state index contributed by atoms with van der Waals surface area (Å²) in [6.07, 6.45) is 6.10. The van der Waals surface area contributed by atoms with Crippen molar-refractivity contribution < 1.29 is 9.32 Å². The fourth-order valence-electron chi connectivity index (χ4n) is 3.59. The van der Waals surface area contributed by atoms with E-state index in [9.17, 15) is 4.79 Å². The second kappa shape index (κ2) is 5.56.